The molecule has 1 N–H and O–H groups in total. The van der Waals surface area contributed by atoms with E-state index in [1.54, 1.807) is 12.1 Å². The number of carbonyl (C=O) groups excluding carboxylic acids is 1. The zero-order chi connectivity index (χ0) is 18.2. The van der Waals surface area contributed by atoms with Crippen LogP contribution in [0, 0.1) is 0 Å². The fraction of sp³-hybridized carbons (Fsp3) is 0. The quantitative estimate of drug-likeness (QED) is 0.352. The second-order valence-electron chi connectivity index (χ2n) is 6.37. The predicted octanol–water partition coefficient (Wildman–Crippen LogP) is 5.19. The van der Waals surface area contributed by atoms with Gasteiger partial charge < -0.3 is 5.32 Å². The molecule has 5 rings (SSSR count). The number of aromatic nitrogens is 2. The van der Waals surface area contributed by atoms with Crippen molar-refractivity contribution in [1.29, 1.82) is 0 Å². The van der Waals surface area contributed by atoms with Crippen molar-refractivity contribution in [3.63, 3.8) is 0 Å². The van der Waals surface area contributed by atoms with E-state index in [9.17, 15) is 4.79 Å². The summed E-state index contributed by atoms with van der Waals surface area (Å²) in [6, 6.07) is 26.8. The van der Waals surface area contributed by atoms with E-state index in [-0.39, 0.29) is 5.91 Å². The monoisotopic (exact) mass is 349 g/mol. The standard InChI is InChI=1S/C23H15N3O/c27-23(16-7-2-1-3-8-16)26-19-12-6-9-15-13-14-20-22(21(15)19)25-18-11-5-4-10-17(18)24-20/h1-14H,(H,26,27). The van der Waals surface area contributed by atoms with Crippen molar-refractivity contribution in [3.05, 3.63) is 90.5 Å². The number of hydrogen-bond donors (Lipinski definition) is 1. The van der Waals surface area contributed by atoms with Gasteiger partial charge in [0.1, 0.15) is 0 Å². The van der Waals surface area contributed by atoms with Gasteiger partial charge in [0.15, 0.2) is 0 Å². The summed E-state index contributed by atoms with van der Waals surface area (Å²) < 4.78 is 0. The van der Waals surface area contributed by atoms with Crippen molar-refractivity contribution in [3.8, 4) is 0 Å². The highest BCUT2D eigenvalue weighted by molar-refractivity contribution is 6.16. The summed E-state index contributed by atoms with van der Waals surface area (Å²) in [5.74, 6) is -0.145. The van der Waals surface area contributed by atoms with E-state index in [4.69, 9.17) is 9.97 Å². The van der Waals surface area contributed by atoms with Crippen LogP contribution in [0.3, 0.4) is 0 Å². The van der Waals surface area contributed by atoms with Crippen LogP contribution in [0.1, 0.15) is 10.4 Å². The maximum Gasteiger partial charge on any atom is 0.255 e. The summed E-state index contributed by atoms with van der Waals surface area (Å²) in [6.45, 7) is 0. The van der Waals surface area contributed by atoms with Gasteiger partial charge in [-0.15, -0.1) is 0 Å². The number of fused-ring (bicyclic) bond motifs is 4. The van der Waals surface area contributed by atoms with Crippen LogP contribution in [-0.4, -0.2) is 15.9 Å². The Morgan fingerprint density at radius 3 is 2.22 bits per heavy atom. The summed E-state index contributed by atoms with van der Waals surface area (Å²) in [5, 5.41) is 4.95. The Balaban J connectivity index is 1.73. The second kappa shape index (κ2) is 6.18. The molecule has 0 aliphatic heterocycles. The van der Waals surface area contributed by atoms with E-state index in [0.29, 0.717) is 5.56 Å². The molecule has 0 unspecified atom stereocenters. The van der Waals surface area contributed by atoms with Gasteiger partial charge in [-0.3, -0.25) is 4.79 Å². The van der Waals surface area contributed by atoms with E-state index in [0.717, 1.165) is 38.5 Å². The number of carbonyl (C=O) groups is 1. The molecule has 0 fully saturated rings. The molecule has 1 amide bonds. The summed E-state index contributed by atoms with van der Waals surface area (Å²) >= 11 is 0. The van der Waals surface area contributed by atoms with Crippen LogP contribution in [0.25, 0.3) is 32.8 Å². The first-order valence-electron chi connectivity index (χ1n) is 8.74. The van der Waals surface area contributed by atoms with Crippen LogP contribution in [0.5, 0.6) is 0 Å². The minimum absolute atomic E-state index is 0.145. The first-order chi connectivity index (χ1) is 13.3. The Bertz CT molecular complexity index is 1310. The molecule has 4 aromatic carbocycles. The van der Waals surface area contributed by atoms with Gasteiger partial charge in [0, 0.05) is 10.9 Å². The molecule has 1 aromatic heterocycles. The number of amides is 1. The van der Waals surface area contributed by atoms with Crippen molar-refractivity contribution in [1.82, 2.24) is 9.97 Å². The summed E-state index contributed by atoms with van der Waals surface area (Å²) in [5.41, 5.74) is 4.64. The molecule has 0 atom stereocenters. The maximum absolute atomic E-state index is 12.7. The Labute approximate surface area is 155 Å². The van der Waals surface area contributed by atoms with Crippen molar-refractivity contribution >= 4 is 44.4 Å². The highest BCUT2D eigenvalue weighted by Gasteiger charge is 2.12. The van der Waals surface area contributed by atoms with Gasteiger partial charge in [-0.25, -0.2) is 9.97 Å². The zero-order valence-electron chi connectivity index (χ0n) is 14.4. The summed E-state index contributed by atoms with van der Waals surface area (Å²) in [6.07, 6.45) is 0. The zero-order valence-corrected chi connectivity index (χ0v) is 14.4. The van der Waals surface area contributed by atoms with Crippen molar-refractivity contribution < 1.29 is 4.79 Å². The maximum atomic E-state index is 12.7. The molecule has 0 aliphatic carbocycles. The third-order valence-corrected chi connectivity index (χ3v) is 4.64. The van der Waals surface area contributed by atoms with Crippen LogP contribution in [0.2, 0.25) is 0 Å². The highest BCUT2D eigenvalue weighted by atomic mass is 16.1. The van der Waals surface area contributed by atoms with Gasteiger partial charge in [-0.05, 0) is 41.8 Å². The lowest BCUT2D eigenvalue weighted by Crippen LogP contribution is -2.12. The van der Waals surface area contributed by atoms with E-state index in [1.165, 1.54) is 0 Å². The number of rotatable bonds is 2. The van der Waals surface area contributed by atoms with Crippen LogP contribution in [-0.2, 0) is 0 Å². The largest absolute Gasteiger partial charge is 0.321 e. The third kappa shape index (κ3) is 2.68. The molecular weight excluding hydrogens is 334 g/mol. The fourth-order valence-electron chi connectivity index (χ4n) is 3.34. The van der Waals surface area contributed by atoms with Gasteiger partial charge in [0.2, 0.25) is 0 Å². The molecule has 0 aliphatic rings. The van der Waals surface area contributed by atoms with Crippen LogP contribution >= 0.6 is 0 Å². The molecule has 0 bridgehead atoms. The van der Waals surface area contributed by atoms with Gasteiger partial charge in [0.05, 0.1) is 27.8 Å². The molecule has 128 valence electrons. The van der Waals surface area contributed by atoms with E-state index < -0.39 is 0 Å². The minimum Gasteiger partial charge on any atom is -0.321 e. The lowest BCUT2D eigenvalue weighted by Gasteiger charge is -2.11. The van der Waals surface area contributed by atoms with Gasteiger partial charge in [0.25, 0.3) is 5.91 Å². The SMILES string of the molecule is O=C(Nc1cccc2ccc3nc4ccccc4nc3c12)c1ccccc1. The first-order valence-corrected chi connectivity index (χ1v) is 8.74. The van der Waals surface area contributed by atoms with E-state index in [2.05, 4.69) is 5.32 Å². The molecular formula is C23H15N3O. The van der Waals surface area contributed by atoms with Gasteiger partial charge in [-0.2, -0.15) is 0 Å². The average Bonchev–Trinajstić information content (AvgIpc) is 2.73. The summed E-state index contributed by atoms with van der Waals surface area (Å²) in [4.78, 5) is 22.2. The van der Waals surface area contributed by atoms with Crippen LogP contribution in [0.15, 0.2) is 84.9 Å². The van der Waals surface area contributed by atoms with Gasteiger partial charge >= 0.3 is 0 Å². The van der Waals surface area contributed by atoms with Gasteiger partial charge in [-0.1, -0.05) is 48.5 Å². The normalized spacial score (nSPS) is 11.1. The number of anilines is 1. The van der Waals surface area contributed by atoms with Crippen molar-refractivity contribution in [2.45, 2.75) is 0 Å². The smallest absolute Gasteiger partial charge is 0.255 e. The number of para-hydroxylation sites is 2. The summed E-state index contributed by atoms with van der Waals surface area (Å²) in [7, 11) is 0. The topological polar surface area (TPSA) is 54.9 Å². The van der Waals surface area contributed by atoms with Crippen LogP contribution in [0.4, 0.5) is 5.69 Å². The molecule has 0 radical (unpaired) electrons. The van der Waals surface area contributed by atoms with Crippen molar-refractivity contribution in [2.75, 3.05) is 5.32 Å². The fourth-order valence-corrected chi connectivity index (χ4v) is 3.34. The molecule has 4 nitrogen and oxygen atoms in total. The number of benzene rings is 4. The second-order valence-corrected chi connectivity index (χ2v) is 6.37. The Hall–Kier alpha value is -3.79. The molecule has 5 aromatic rings. The highest BCUT2D eigenvalue weighted by Crippen LogP contribution is 2.31. The first kappa shape index (κ1) is 15.5. The minimum atomic E-state index is -0.145. The number of nitrogens with one attached hydrogen (secondary N) is 1. The molecule has 0 saturated heterocycles. The Morgan fingerprint density at radius 1 is 0.667 bits per heavy atom. The lowest BCUT2D eigenvalue weighted by molar-refractivity contribution is 0.102. The molecule has 27 heavy (non-hydrogen) atoms. The lowest BCUT2D eigenvalue weighted by atomic mass is 10.1. The number of nitrogens with zero attached hydrogens (tertiary/aromatic N) is 2. The predicted molar refractivity (Wildman–Crippen MR) is 109 cm³/mol. The Kier molecular flexibility index (Phi) is 3.54. The molecule has 0 saturated carbocycles. The molecule has 4 heteroatoms. The Morgan fingerprint density at radius 2 is 1.41 bits per heavy atom. The van der Waals surface area contributed by atoms with E-state index in [1.807, 2.05) is 72.8 Å². The average molecular weight is 349 g/mol. The third-order valence-electron chi connectivity index (χ3n) is 4.64. The molecule has 0 spiro atoms. The van der Waals surface area contributed by atoms with Crippen molar-refractivity contribution in [2.24, 2.45) is 0 Å². The van der Waals surface area contributed by atoms with Crippen LogP contribution < -0.4 is 5.32 Å². The molecule has 1 heterocycles. The van der Waals surface area contributed by atoms with E-state index >= 15 is 0 Å². The number of hydrogen-bond acceptors (Lipinski definition) is 3.